The van der Waals surface area contributed by atoms with Crippen molar-refractivity contribution in [1.82, 2.24) is 25.2 Å². The van der Waals surface area contributed by atoms with Gasteiger partial charge in [0.05, 0.1) is 42.2 Å². The average molecular weight is 407 g/mol. The van der Waals surface area contributed by atoms with Crippen LogP contribution in [0.3, 0.4) is 0 Å². The summed E-state index contributed by atoms with van der Waals surface area (Å²) in [6.07, 6.45) is 3.50. The van der Waals surface area contributed by atoms with Crippen molar-refractivity contribution in [3.8, 4) is 22.8 Å². The van der Waals surface area contributed by atoms with Gasteiger partial charge in [-0.25, -0.2) is 4.98 Å². The van der Waals surface area contributed by atoms with E-state index in [1.54, 1.807) is 31.0 Å². The van der Waals surface area contributed by atoms with E-state index >= 15 is 0 Å². The van der Waals surface area contributed by atoms with Gasteiger partial charge in [0.1, 0.15) is 6.61 Å². The van der Waals surface area contributed by atoms with Crippen LogP contribution in [-0.2, 0) is 7.05 Å². The van der Waals surface area contributed by atoms with E-state index in [1.165, 1.54) is 0 Å². The van der Waals surface area contributed by atoms with Gasteiger partial charge in [-0.3, -0.25) is 9.48 Å². The quantitative estimate of drug-likeness (QED) is 0.470. The largest absolute Gasteiger partial charge is 0.493 e. The summed E-state index contributed by atoms with van der Waals surface area (Å²) in [6, 6.07) is 9.08. The first-order valence-electron chi connectivity index (χ1n) is 9.37. The second kappa shape index (κ2) is 8.24. The van der Waals surface area contributed by atoms with E-state index in [0.29, 0.717) is 52.7 Å². The molecule has 30 heavy (non-hydrogen) atoms. The van der Waals surface area contributed by atoms with Gasteiger partial charge in [-0.2, -0.15) is 5.10 Å². The number of hydrogen-bond acceptors (Lipinski definition) is 7. The minimum Gasteiger partial charge on any atom is -0.493 e. The lowest BCUT2D eigenvalue weighted by atomic mass is 10.1. The molecule has 9 nitrogen and oxygen atoms in total. The Kier molecular flexibility index (Phi) is 5.34. The number of benzene rings is 1. The van der Waals surface area contributed by atoms with Crippen molar-refractivity contribution in [2.75, 3.05) is 20.3 Å². The number of pyridine rings is 1. The SMILES string of the molecule is COc1ccccc1OCCNC(=O)c1cc(-c2cnn(C)c2)nc2onc(C)c12. The maximum Gasteiger partial charge on any atom is 0.259 e. The number of carbonyl (C=O) groups excluding carboxylic acids is 1. The van der Waals surface area contributed by atoms with E-state index in [-0.39, 0.29) is 5.91 Å². The standard InChI is InChI=1S/C21H21N5O4/c1-13-19-15(10-16(24-21(19)30-25-13)14-11-23-26(2)12-14)20(27)22-8-9-29-18-7-5-4-6-17(18)28-3/h4-7,10-12H,8-9H2,1-3H3,(H,22,27). The first-order chi connectivity index (χ1) is 14.6. The second-order valence-electron chi connectivity index (χ2n) is 6.66. The zero-order chi connectivity index (χ0) is 21.1. The number of aryl methyl sites for hydroxylation is 2. The summed E-state index contributed by atoms with van der Waals surface area (Å²) in [7, 11) is 3.40. The van der Waals surface area contributed by atoms with Crippen LogP contribution in [0.4, 0.5) is 0 Å². The predicted molar refractivity (Wildman–Crippen MR) is 110 cm³/mol. The molecule has 0 bridgehead atoms. The smallest absolute Gasteiger partial charge is 0.259 e. The third-order valence-electron chi connectivity index (χ3n) is 4.58. The van der Waals surface area contributed by atoms with E-state index in [0.717, 1.165) is 5.56 Å². The molecule has 9 heteroatoms. The van der Waals surface area contributed by atoms with Gasteiger partial charge in [-0.1, -0.05) is 17.3 Å². The highest BCUT2D eigenvalue weighted by Crippen LogP contribution is 2.27. The molecule has 1 aromatic carbocycles. The lowest BCUT2D eigenvalue weighted by molar-refractivity contribution is 0.0948. The van der Waals surface area contributed by atoms with E-state index in [2.05, 4.69) is 20.6 Å². The number of carbonyl (C=O) groups is 1. The fourth-order valence-electron chi connectivity index (χ4n) is 3.13. The fourth-order valence-corrected chi connectivity index (χ4v) is 3.13. The molecule has 3 aromatic heterocycles. The van der Waals surface area contributed by atoms with Crippen molar-refractivity contribution in [3.05, 3.63) is 54.0 Å². The molecule has 0 spiro atoms. The summed E-state index contributed by atoms with van der Waals surface area (Å²) in [5, 5.41) is 11.6. The van der Waals surface area contributed by atoms with Gasteiger partial charge >= 0.3 is 0 Å². The van der Waals surface area contributed by atoms with Gasteiger partial charge in [0.15, 0.2) is 11.5 Å². The first-order valence-corrected chi connectivity index (χ1v) is 9.37. The Morgan fingerprint density at radius 1 is 1.27 bits per heavy atom. The predicted octanol–water partition coefficient (Wildman–Crippen LogP) is 2.75. The molecule has 4 rings (SSSR count). The van der Waals surface area contributed by atoms with Crippen molar-refractivity contribution in [3.63, 3.8) is 0 Å². The number of rotatable bonds is 7. The highest BCUT2D eigenvalue weighted by atomic mass is 16.5. The van der Waals surface area contributed by atoms with Gasteiger partial charge in [0, 0.05) is 18.8 Å². The molecule has 0 unspecified atom stereocenters. The molecular formula is C21H21N5O4. The van der Waals surface area contributed by atoms with Crippen molar-refractivity contribution < 1.29 is 18.8 Å². The Morgan fingerprint density at radius 2 is 2.07 bits per heavy atom. The van der Waals surface area contributed by atoms with Crippen LogP contribution < -0.4 is 14.8 Å². The third kappa shape index (κ3) is 3.82. The van der Waals surface area contributed by atoms with Gasteiger partial charge in [-0.15, -0.1) is 0 Å². The summed E-state index contributed by atoms with van der Waals surface area (Å²) in [5.41, 5.74) is 2.72. The number of nitrogens with one attached hydrogen (secondary N) is 1. The summed E-state index contributed by atoms with van der Waals surface area (Å²) in [5.74, 6) is 0.998. The Hall–Kier alpha value is -3.88. The van der Waals surface area contributed by atoms with Crippen molar-refractivity contribution in [1.29, 1.82) is 0 Å². The van der Waals surface area contributed by atoms with Crippen LogP contribution in [0.5, 0.6) is 11.5 Å². The monoisotopic (exact) mass is 407 g/mol. The number of nitrogens with zero attached hydrogens (tertiary/aromatic N) is 4. The van der Waals surface area contributed by atoms with E-state index in [1.807, 2.05) is 37.5 Å². The molecule has 0 aliphatic carbocycles. The summed E-state index contributed by atoms with van der Waals surface area (Å²) in [4.78, 5) is 17.4. The number of aromatic nitrogens is 4. The fraction of sp³-hybridized carbons (Fsp3) is 0.238. The Labute approximate surface area is 172 Å². The van der Waals surface area contributed by atoms with Crippen LogP contribution in [0.1, 0.15) is 16.1 Å². The molecular weight excluding hydrogens is 386 g/mol. The van der Waals surface area contributed by atoms with E-state index in [4.69, 9.17) is 14.0 Å². The minimum atomic E-state index is -0.262. The van der Waals surface area contributed by atoms with Crippen LogP contribution >= 0.6 is 0 Å². The van der Waals surface area contributed by atoms with Crippen molar-refractivity contribution >= 4 is 17.0 Å². The summed E-state index contributed by atoms with van der Waals surface area (Å²) in [6.45, 7) is 2.38. The normalized spacial score (nSPS) is 10.9. The zero-order valence-corrected chi connectivity index (χ0v) is 16.9. The van der Waals surface area contributed by atoms with E-state index in [9.17, 15) is 4.79 Å². The van der Waals surface area contributed by atoms with Gasteiger partial charge in [0.25, 0.3) is 11.6 Å². The first kappa shape index (κ1) is 19.4. The highest BCUT2D eigenvalue weighted by molar-refractivity contribution is 6.06. The molecule has 0 saturated carbocycles. The number of para-hydroxylation sites is 2. The second-order valence-corrected chi connectivity index (χ2v) is 6.66. The lowest BCUT2D eigenvalue weighted by Crippen LogP contribution is -2.28. The molecule has 0 aliphatic rings. The van der Waals surface area contributed by atoms with Gasteiger partial charge in [-0.05, 0) is 25.1 Å². The Morgan fingerprint density at radius 3 is 2.80 bits per heavy atom. The molecule has 1 amide bonds. The number of fused-ring (bicyclic) bond motifs is 1. The highest BCUT2D eigenvalue weighted by Gasteiger charge is 2.19. The number of methoxy groups -OCH3 is 1. The third-order valence-corrected chi connectivity index (χ3v) is 4.58. The van der Waals surface area contributed by atoms with Crippen LogP contribution in [0, 0.1) is 6.92 Å². The molecule has 4 aromatic rings. The molecule has 0 aliphatic heterocycles. The van der Waals surface area contributed by atoms with E-state index < -0.39 is 0 Å². The van der Waals surface area contributed by atoms with Crippen molar-refractivity contribution in [2.45, 2.75) is 6.92 Å². The number of hydrogen-bond donors (Lipinski definition) is 1. The number of ether oxygens (including phenoxy) is 2. The van der Waals surface area contributed by atoms with Crippen LogP contribution in [0.2, 0.25) is 0 Å². The van der Waals surface area contributed by atoms with Gasteiger partial charge < -0.3 is 19.3 Å². The van der Waals surface area contributed by atoms with Crippen molar-refractivity contribution in [2.24, 2.45) is 7.05 Å². The maximum atomic E-state index is 12.9. The molecule has 154 valence electrons. The molecule has 1 N–H and O–H groups in total. The summed E-state index contributed by atoms with van der Waals surface area (Å²) >= 11 is 0. The lowest BCUT2D eigenvalue weighted by Gasteiger charge is -2.11. The van der Waals surface area contributed by atoms with Gasteiger partial charge in [0.2, 0.25) is 0 Å². The maximum absolute atomic E-state index is 12.9. The Balaban J connectivity index is 1.51. The molecule has 3 heterocycles. The average Bonchev–Trinajstić information content (AvgIpc) is 3.36. The van der Waals surface area contributed by atoms with Crippen LogP contribution in [0.15, 0.2) is 47.2 Å². The summed E-state index contributed by atoms with van der Waals surface area (Å²) < 4.78 is 18.0. The topological polar surface area (TPSA) is 104 Å². The zero-order valence-electron chi connectivity index (χ0n) is 16.9. The molecule has 0 atom stereocenters. The number of amides is 1. The minimum absolute atomic E-state index is 0.262. The molecule has 0 fully saturated rings. The molecule has 0 radical (unpaired) electrons. The van der Waals surface area contributed by atoms with Crippen LogP contribution in [-0.4, -0.2) is 46.1 Å². The Bertz CT molecular complexity index is 1200. The molecule has 0 saturated heterocycles. The van der Waals surface area contributed by atoms with Crippen LogP contribution in [0.25, 0.3) is 22.4 Å².